The molecule has 5 heteroatoms. The van der Waals surface area contributed by atoms with Crippen LogP contribution in [0.15, 0.2) is 12.7 Å². The normalized spacial score (nSPS) is 12.1. The average Bonchev–Trinajstić information content (AvgIpc) is 2.07. The molecule has 1 rings (SSSR count). The molecule has 5 nitrogen and oxygen atoms in total. The molecule has 0 spiro atoms. The predicted molar refractivity (Wildman–Crippen MR) is 35.4 cm³/mol. The third-order valence-corrected chi connectivity index (χ3v) is 1.14. The van der Waals surface area contributed by atoms with E-state index in [4.69, 9.17) is 0 Å². The fraction of sp³-hybridized carbons (Fsp3) is 0.333. The van der Waals surface area contributed by atoms with Crippen LogP contribution in [0, 0.1) is 0 Å². The number of hydrogen-bond acceptors (Lipinski definition) is 5. The van der Waals surface area contributed by atoms with E-state index in [9.17, 15) is 4.79 Å². The van der Waals surface area contributed by atoms with Crippen LogP contribution in [0.5, 0.6) is 0 Å². The molecule has 0 aliphatic carbocycles. The standard InChI is InChI=1S/C6H7N3O2/c1-5(11-4-10)6-8-2-7-3-9-6/h2-5H,1H3. The van der Waals surface area contributed by atoms with Crippen molar-refractivity contribution in [1.82, 2.24) is 15.0 Å². The zero-order chi connectivity index (χ0) is 8.10. The van der Waals surface area contributed by atoms with Crippen LogP contribution in [0.4, 0.5) is 0 Å². The second kappa shape index (κ2) is 3.60. The van der Waals surface area contributed by atoms with Gasteiger partial charge in [-0.3, -0.25) is 4.79 Å². The molecule has 0 aromatic carbocycles. The Kier molecular flexibility index (Phi) is 2.48. The molecule has 0 saturated carbocycles. The van der Waals surface area contributed by atoms with Gasteiger partial charge in [0.15, 0.2) is 11.9 Å². The van der Waals surface area contributed by atoms with Gasteiger partial charge in [0.25, 0.3) is 6.47 Å². The van der Waals surface area contributed by atoms with Crippen LogP contribution in [0.2, 0.25) is 0 Å². The molecule has 0 fully saturated rings. The number of rotatable bonds is 3. The van der Waals surface area contributed by atoms with Gasteiger partial charge in [-0.05, 0) is 6.92 Å². The lowest BCUT2D eigenvalue weighted by atomic mass is 10.4. The molecular formula is C6H7N3O2. The van der Waals surface area contributed by atoms with E-state index in [0.29, 0.717) is 12.3 Å². The average molecular weight is 153 g/mol. The molecule has 0 N–H and O–H groups in total. The second-order valence-corrected chi connectivity index (χ2v) is 1.87. The van der Waals surface area contributed by atoms with E-state index in [1.54, 1.807) is 6.92 Å². The Bertz CT molecular complexity index is 227. The second-order valence-electron chi connectivity index (χ2n) is 1.87. The Labute approximate surface area is 63.5 Å². The summed E-state index contributed by atoms with van der Waals surface area (Å²) in [5, 5.41) is 0. The molecule has 11 heavy (non-hydrogen) atoms. The molecule has 0 saturated heterocycles. The molecule has 1 atom stereocenters. The van der Waals surface area contributed by atoms with Crippen LogP contribution in [0.1, 0.15) is 18.9 Å². The van der Waals surface area contributed by atoms with Gasteiger partial charge in [0.2, 0.25) is 0 Å². The van der Waals surface area contributed by atoms with Gasteiger partial charge in [-0.15, -0.1) is 0 Å². The van der Waals surface area contributed by atoms with Crippen molar-refractivity contribution in [3.8, 4) is 0 Å². The summed E-state index contributed by atoms with van der Waals surface area (Å²) >= 11 is 0. The lowest BCUT2D eigenvalue weighted by Crippen LogP contribution is -2.03. The van der Waals surface area contributed by atoms with Crippen molar-refractivity contribution in [1.29, 1.82) is 0 Å². The molecule has 58 valence electrons. The lowest BCUT2D eigenvalue weighted by Gasteiger charge is -2.05. The SMILES string of the molecule is CC(OC=O)c1ncncn1. The zero-order valence-corrected chi connectivity index (χ0v) is 5.97. The van der Waals surface area contributed by atoms with Crippen LogP contribution in [-0.4, -0.2) is 21.4 Å². The highest BCUT2D eigenvalue weighted by Crippen LogP contribution is 2.07. The van der Waals surface area contributed by atoms with E-state index in [-0.39, 0.29) is 0 Å². The molecule has 1 heterocycles. The minimum atomic E-state index is -0.407. The summed E-state index contributed by atoms with van der Waals surface area (Å²) in [6, 6.07) is 0. The van der Waals surface area contributed by atoms with Gasteiger partial charge < -0.3 is 4.74 Å². The summed E-state index contributed by atoms with van der Waals surface area (Å²) in [6.45, 7) is 2.05. The maximum absolute atomic E-state index is 9.90. The molecule has 1 aromatic rings. The molecule has 0 aliphatic rings. The number of ether oxygens (including phenoxy) is 1. The fourth-order valence-corrected chi connectivity index (χ4v) is 0.602. The monoisotopic (exact) mass is 153 g/mol. The van der Waals surface area contributed by atoms with Crippen molar-refractivity contribution in [2.75, 3.05) is 0 Å². The van der Waals surface area contributed by atoms with Crippen LogP contribution in [0.25, 0.3) is 0 Å². The van der Waals surface area contributed by atoms with Gasteiger partial charge in [0, 0.05) is 0 Å². The topological polar surface area (TPSA) is 65.0 Å². The molecule has 0 aliphatic heterocycles. The van der Waals surface area contributed by atoms with E-state index < -0.39 is 6.10 Å². The van der Waals surface area contributed by atoms with E-state index >= 15 is 0 Å². The van der Waals surface area contributed by atoms with Gasteiger partial charge in [0.05, 0.1) is 0 Å². The van der Waals surface area contributed by atoms with Gasteiger partial charge >= 0.3 is 0 Å². The van der Waals surface area contributed by atoms with Crippen LogP contribution < -0.4 is 0 Å². The summed E-state index contributed by atoms with van der Waals surface area (Å²) in [5.74, 6) is 0.451. The maximum Gasteiger partial charge on any atom is 0.293 e. The maximum atomic E-state index is 9.90. The third-order valence-electron chi connectivity index (χ3n) is 1.14. The van der Waals surface area contributed by atoms with Crippen molar-refractivity contribution < 1.29 is 9.53 Å². The molecule has 0 bridgehead atoms. The summed E-state index contributed by atoms with van der Waals surface area (Å²) in [7, 11) is 0. The Hall–Kier alpha value is -1.52. The fourth-order valence-electron chi connectivity index (χ4n) is 0.602. The van der Waals surface area contributed by atoms with E-state index in [1.165, 1.54) is 12.7 Å². The smallest absolute Gasteiger partial charge is 0.293 e. The number of carbonyl (C=O) groups excluding carboxylic acids is 1. The third kappa shape index (κ3) is 1.96. The van der Waals surface area contributed by atoms with E-state index in [2.05, 4.69) is 19.7 Å². The summed E-state index contributed by atoms with van der Waals surface area (Å²) in [6.07, 6.45) is 2.30. The van der Waals surface area contributed by atoms with Crippen molar-refractivity contribution in [2.45, 2.75) is 13.0 Å². The number of nitrogens with zero attached hydrogens (tertiary/aromatic N) is 3. The van der Waals surface area contributed by atoms with Crippen LogP contribution in [0.3, 0.4) is 0 Å². The molecule has 0 amide bonds. The van der Waals surface area contributed by atoms with Crippen molar-refractivity contribution in [2.24, 2.45) is 0 Å². The first-order chi connectivity index (χ1) is 5.34. The van der Waals surface area contributed by atoms with Gasteiger partial charge in [0.1, 0.15) is 12.7 Å². The highest BCUT2D eigenvalue weighted by molar-refractivity contribution is 5.37. The van der Waals surface area contributed by atoms with E-state index in [0.717, 1.165) is 0 Å². The van der Waals surface area contributed by atoms with Crippen molar-refractivity contribution in [3.63, 3.8) is 0 Å². The molecule has 1 aromatic heterocycles. The highest BCUT2D eigenvalue weighted by Gasteiger charge is 2.06. The summed E-state index contributed by atoms with van der Waals surface area (Å²) in [4.78, 5) is 21.1. The van der Waals surface area contributed by atoms with Gasteiger partial charge in [-0.1, -0.05) is 0 Å². The van der Waals surface area contributed by atoms with Gasteiger partial charge in [-0.25, -0.2) is 15.0 Å². The largest absolute Gasteiger partial charge is 0.457 e. The first kappa shape index (κ1) is 7.59. The predicted octanol–water partition coefficient (Wildman–Crippen LogP) is 0.106. The van der Waals surface area contributed by atoms with Gasteiger partial charge in [-0.2, -0.15) is 0 Å². The molecule has 1 unspecified atom stereocenters. The zero-order valence-electron chi connectivity index (χ0n) is 5.97. The van der Waals surface area contributed by atoms with E-state index in [1.807, 2.05) is 0 Å². The Balaban J connectivity index is 2.68. The number of carbonyl (C=O) groups is 1. The molecule has 0 radical (unpaired) electrons. The Morgan fingerprint density at radius 3 is 2.73 bits per heavy atom. The number of aromatic nitrogens is 3. The Morgan fingerprint density at radius 1 is 1.55 bits per heavy atom. The first-order valence-electron chi connectivity index (χ1n) is 3.05. The minimum absolute atomic E-state index is 0.369. The molecular weight excluding hydrogens is 146 g/mol. The summed E-state index contributed by atoms with van der Waals surface area (Å²) < 4.78 is 4.59. The quantitative estimate of drug-likeness (QED) is 0.576. The Morgan fingerprint density at radius 2 is 2.18 bits per heavy atom. The van der Waals surface area contributed by atoms with Crippen molar-refractivity contribution >= 4 is 6.47 Å². The van der Waals surface area contributed by atoms with Crippen molar-refractivity contribution in [3.05, 3.63) is 18.5 Å². The highest BCUT2D eigenvalue weighted by atomic mass is 16.5. The van der Waals surface area contributed by atoms with Crippen LogP contribution in [-0.2, 0) is 9.53 Å². The van der Waals surface area contributed by atoms with Crippen LogP contribution >= 0.6 is 0 Å². The minimum Gasteiger partial charge on any atom is -0.457 e. The lowest BCUT2D eigenvalue weighted by molar-refractivity contribution is -0.133. The number of hydrogen-bond donors (Lipinski definition) is 0. The first-order valence-corrected chi connectivity index (χ1v) is 3.05. The summed E-state index contributed by atoms with van der Waals surface area (Å²) in [5.41, 5.74) is 0.